The molecule has 0 bridgehead atoms. The number of carbonyl (C=O) groups is 1. The average Bonchev–Trinajstić information content (AvgIpc) is 2.75. The SMILES string of the molecule is C[C@@H](C(=O)NCc1ccc(CN2CCOCC2)cc1)N(c1cc(Cl)ccc1Cl)S(C)(=O)=O. The van der Waals surface area contributed by atoms with Crippen LogP contribution < -0.4 is 9.62 Å². The third kappa shape index (κ3) is 6.59. The number of nitrogens with one attached hydrogen (secondary N) is 1. The van der Waals surface area contributed by atoms with Gasteiger partial charge in [0.2, 0.25) is 15.9 Å². The summed E-state index contributed by atoms with van der Waals surface area (Å²) in [7, 11) is -3.79. The van der Waals surface area contributed by atoms with E-state index in [0.29, 0.717) is 5.02 Å². The highest BCUT2D eigenvalue weighted by molar-refractivity contribution is 7.92. The molecule has 3 rings (SSSR count). The van der Waals surface area contributed by atoms with Crippen molar-refractivity contribution in [2.24, 2.45) is 0 Å². The third-order valence-corrected chi connectivity index (χ3v) is 7.02. The largest absolute Gasteiger partial charge is 0.379 e. The summed E-state index contributed by atoms with van der Waals surface area (Å²) in [6, 6.07) is 11.5. The first kappa shape index (κ1) is 24.8. The smallest absolute Gasteiger partial charge is 0.243 e. The maximum atomic E-state index is 12.8. The molecule has 32 heavy (non-hydrogen) atoms. The molecule has 1 saturated heterocycles. The van der Waals surface area contributed by atoms with Gasteiger partial charge >= 0.3 is 0 Å². The summed E-state index contributed by atoms with van der Waals surface area (Å²) in [5, 5.41) is 3.32. The van der Waals surface area contributed by atoms with Gasteiger partial charge in [-0.2, -0.15) is 0 Å². The van der Waals surface area contributed by atoms with E-state index < -0.39 is 22.0 Å². The first-order chi connectivity index (χ1) is 15.1. The van der Waals surface area contributed by atoms with Crippen LogP contribution in [0, 0.1) is 0 Å². The summed E-state index contributed by atoms with van der Waals surface area (Å²) in [6.45, 7) is 6.00. The summed E-state index contributed by atoms with van der Waals surface area (Å²) in [4.78, 5) is 15.1. The summed E-state index contributed by atoms with van der Waals surface area (Å²) in [6.07, 6.45) is 1.03. The van der Waals surface area contributed by atoms with Crippen LogP contribution in [0.25, 0.3) is 0 Å². The molecule has 1 amide bonds. The number of amides is 1. The zero-order valence-electron chi connectivity index (χ0n) is 18.1. The van der Waals surface area contributed by atoms with E-state index in [1.165, 1.54) is 24.6 Å². The van der Waals surface area contributed by atoms with E-state index in [2.05, 4.69) is 10.2 Å². The van der Waals surface area contributed by atoms with Crippen molar-refractivity contribution in [3.05, 3.63) is 63.6 Å². The van der Waals surface area contributed by atoms with Crippen molar-refractivity contribution < 1.29 is 17.9 Å². The van der Waals surface area contributed by atoms with Crippen molar-refractivity contribution in [3.63, 3.8) is 0 Å². The number of anilines is 1. The Labute approximate surface area is 199 Å². The Kier molecular flexibility index (Phi) is 8.41. The molecule has 1 fully saturated rings. The second-order valence-electron chi connectivity index (χ2n) is 7.75. The minimum Gasteiger partial charge on any atom is -0.379 e. The van der Waals surface area contributed by atoms with Gasteiger partial charge in [-0.1, -0.05) is 47.5 Å². The van der Waals surface area contributed by atoms with Gasteiger partial charge in [0, 0.05) is 31.2 Å². The number of nitrogens with zero attached hydrogens (tertiary/aromatic N) is 2. The van der Waals surface area contributed by atoms with Gasteiger partial charge in [-0.3, -0.25) is 14.0 Å². The van der Waals surface area contributed by atoms with Crippen LogP contribution in [0.4, 0.5) is 5.69 Å². The van der Waals surface area contributed by atoms with Crippen molar-refractivity contribution in [2.75, 3.05) is 36.9 Å². The van der Waals surface area contributed by atoms with Gasteiger partial charge < -0.3 is 10.1 Å². The van der Waals surface area contributed by atoms with E-state index in [0.717, 1.165) is 49.0 Å². The highest BCUT2D eigenvalue weighted by Crippen LogP contribution is 2.32. The molecule has 0 saturated carbocycles. The predicted octanol–water partition coefficient (Wildman–Crippen LogP) is 3.30. The van der Waals surface area contributed by atoms with Gasteiger partial charge in [0.25, 0.3) is 0 Å². The van der Waals surface area contributed by atoms with Crippen molar-refractivity contribution in [3.8, 4) is 0 Å². The third-order valence-electron chi connectivity index (χ3n) is 5.23. The van der Waals surface area contributed by atoms with Crippen LogP contribution in [0.5, 0.6) is 0 Å². The van der Waals surface area contributed by atoms with Crippen LogP contribution in [-0.2, 0) is 32.6 Å². The van der Waals surface area contributed by atoms with Gasteiger partial charge in [0.05, 0.1) is 30.2 Å². The zero-order valence-corrected chi connectivity index (χ0v) is 20.4. The molecule has 1 aliphatic rings. The summed E-state index contributed by atoms with van der Waals surface area (Å²) < 4.78 is 31.3. The normalized spacial score (nSPS) is 15.9. The van der Waals surface area contributed by atoms with E-state index >= 15 is 0 Å². The lowest BCUT2D eigenvalue weighted by Gasteiger charge is -2.29. The first-order valence-electron chi connectivity index (χ1n) is 10.3. The monoisotopic (exact) mass is 499 g/mol. The number of hydrogen-bond acceptors (Lipinski definition) is 5. The van der Waals surface area contributed by atoms with Gasteiger partial charge in [0.1, 0.15) is 6.04 Å². The lowest BCUT2D eigenvalue weighted by molar-refractivity contribution is -0.122. The molecule has 1 N–H and O–H groups in total. The van der Waals surface area contributed by atoms with Crippen LogP contribution in [-0.4, -0.2) is 57.8 Å². The molecule has 174 valence electrons. The van der Waals surface area contributed by atoms with Crippen molar-refractivity contribution in [1.29, 1.82) is 0 Å². The van der Waals surface area contributed by atoms with E-state index in [1.807, 2.05) is 24.3 Å². The van der Waals surface area contributed by atoms with Gasteiger partial charge in [-0.05, 0) is 36.2 Å². The zero-order chi connectivity index (χ0) is 23.3. The Morgan fingerprint density at radius 2 is 1.75 bits per heavy atom. The highest BCUT2D eigenvalue weighted by atomic mass is 35.5. The molecule has 0 radical (unpaired) electrons. The van der Waals surface area contributed by atoms with Gasteiger partial charge in [-0.15, -0.1) is 0 Å². The van der Waals surface area contributed by atoms with Crippen LogP contribution in [0.2, 0.25) is 10.0 Å². The first-order valence-corrected chi connectivity index (χ1v) is 12.9. The number of rotatable bonds is 8. The quantitative estimate of drug-likeness (QED) is 0.602. The predicted molar refractivity (Wildman–Crippen MR) is 128 cm³/mol. The molecule has 10 heteroatoms. The maximum absolute atomic E-state index is 12.8. The second kappa shape index (κ2) is 10.9. The Balaban J connectivity index is 1.64. The lowest BCUT2D eigenvalue weighted by atomic mass is 10.1. The number of sulfonamides is 1. The Bertz CT molecular complexity index is 1040. The number of morpholine rings is 1. The molecule has 1 atom stereocenters. The fraction of sp³-hybridized carbons (Fsp3) is 0.409. The number of halogens is 2. The number of benzene rings is 2. The molecule has 1 aliphatic heterocycles. The summed E-state index contributed by atoms with van der Waals surface area (Å²) in [5.41, 5.74) is 2.27. The van der Waals surface area contributed by atoms with Crippen LogP contribution in [0.15, 0.2) is 42.5 Å². The van der Waals surface area contributed by atoms with E-state index in [-0.39, 0.29) is 17.3 Å². The Morgan fingerprint density at radius 1 is 1.12 bits per heavy atom. The minimum atomic E-state index is -3.79. The molecule has 2 aromatic carbocycles. The van der Waals surface area contributed by atoms with Crippen LogP contribution >= 0.6 is 23.2 Å². The molecule has 7 nitrogen and oxygen atoms in total. The van der Waals surface area contributed by atoms with Crippen molar-refractivity contribution in [1.82, 2.24) is 10.2 Å². The molecule has 0 unspecified atom stereocenters. The number of hydrogen-bond donors (Lipinski definition) is 1. The minimum absolute atomic E-state index is 0.164. The van der Waals surface area contributed by atoms with Crippen LogP contribution in [0.1, 0.15) is 18.1 Å². The lowest BCUT2D eigenvalue weighted by Crippen LogP contribution is -2.47. The topological polar surface area (TPSA) is 79.0 Å². The van der Waals surface area contributed by atoms with Gasteiger partial charge in [-0.25, -0.2) is 8.42 Å². The summed E-state index contributed by atoms with van der Waals surface area (Å²) in [5.74, 6) is -0.441. The van der Waals surface area contributed by atoms with E-state index in [9.17, 15) is 13.2 Å². The highest BCUT2D eigenvalue weighted by Gasteiger charge is 2.30. The second-order valence-corrected chi connectivity index (χ2v) is 10.5. The molecule has 1 heterocycles. The molecular weight excluding hydrogens is 473 g/mol. The average molecular weight is 500 g/mol. The molecule has 0 aromatic heterocycles. The van der Waals surface area contributed by atoms with Gasteiger partial charge in [0.15, 0.2) is 0 Å². The molecular formula is C22H27Cl2N3O4S. The fourth-order valence-electron chi connectivity index (χ4n) is 3.55. The maximum Gasteiger partial charge on any atom is 0.243 e. The molecule has 2 aromatic rings. The summed E-state index contributed by atoms with van der Waals surface area (Å²) >= 11 is 12.2. The van der Waals surface area contributed by atoms with Crippen molar-refractivity contribution in [2.45, 2.75) is 26.1 Å². The Hall–Kier alpha value is -1.84. The van der Waals surface area contributed by atoms with Crippen LogP contribution in [0.3, 0.4) is 0 Å². The van der Waals surface area contributed by atoms with E-state index in [1.54, 1.807) is 6.07 Å². The number of ether oxygens (including phenoxy) is 1. The standard InChI is InChI=1S/C22H27Cl2N3O4S/c1-16(27(32(2,29)30)21-13-19(23)7-8-20(21)24)22(28)25-14-17-3-5-18(6-4-17)15-26-9-11-31-12-10-26/h3-8,13,16H,9-12,14-15H2,1-2H3,(H,25,28)/t16-/m0/s1. The van der Waals surface area contributed by atoms with E-state index in [4.69, 9.17) is 27.9 Å². The molecule has 0 aliphatic carbocycles. The van der Waals surface area contributed by atoms with Crippen molar-refractivity contribution >= 4 is 44.8 Å². The Morgan fingerprint density at radius 3 is 2.38 bits per heavy atom. The molecule has 0 spiro atoms. The number of carbonyl (C=O) groups excluding carboxylic acids is 1. The fourth-order valence-corrected chi connectivity index (χ4v) is 5.16.